The van der Waals surface area contributed by atoms with Gasteiger partial charge in [-0.2, -0.15) is 5.10 Å². The van der Waals surface area contributed by atoms with Gasteiger partial charge >= 0.3 is 0 Å². The fourth-order valence-electron chi connectivity index (χ4n) is 2.35. The molecule has 2 amide bonds. The van der Waals surface area contributed by atoms with Crippen molar-refractivity contribution < 1.29 is 19.4 Å². The summed E-state index contributed by atoms with van der Waals surface area (Å²) in [5, 5.41) is 16.5. The van der Waals surface area contributed by atoms with Crippen molar-refractivity contribution in [3.8, 4) is 11.5 Å². The molecule has 0 heterocycles. The second kappa shape index (κ2) is 8.22. The molecule has 27 heavy (non-hydrogen) atoms. The van der Waals surface area contributed by atoms with Crippen LogP contribution in [0.4, 0.5) is 5.69 Å². The van der Waals surface area contributed by atoms with Crippen LogP contribution in [-0.4, -0.2) is 30.2 Å². The topological polar surface area (TPSA) is 100 Å². The zero-order valence-corrected chi connectivity index (χ0v) is 16.1. The first-order valence-electron chi connectivity index (χ1n) is 8.28. The summed E-state index contributed by atoms with van der Waals surface area (Å²) < 4.78 is 5.52. The van der Waals surface area contributed by atoms with E-state index < -0.39 is 0 Å². The van der Waals surface area contributed by atoms with Crippen LogP contribution >= 0.6 is 15.9 Å². The molecule has 7 nitrogen and oxygen atoms in total. The fourth-order valence-corrected chi connectivity index (χ4v) is 2.81. The Morgan fingerprint density at radius 3 is 2.59 bits per heavy atom. The second-order valence-electron chi connectivity index (χ2n) is 6.09. The summed E-state index contributed by atoms with van der Waals surface area (Å²) in [7, 11) is 1.45. The minimum Gasteiger partial charge on any atom is -0.503 e. The third kappa shape index (κ3) is 4.85. The van der Waals surface area contributed by atoms with Crippen molar-refractivity contribution in [3.63, 3.8) is 0 Å². The molecule has 1 fully saturated rings. The Kier molecular flexibility index (Phi) is 5.75. The van der Waals surface area contributed by atoms with Gasteiger partial charge < -0.3 is 15.2 Å². The van der Waals surface area contributed by atoms with Crippen molar-refractivity contribution in [2.75, 3.05) is 12.4 Å². The Morgan fingerprint density at radius 1 is 1.26 bits per heavy atom. The summed E-state index contributed by atoms with van der Waals surface area (Å²) in [6, 6.07) is 9.83. The highest BCUT2D eigenvalue weighted by atomic mass is 79.9. The molecule has 8 heteroatoms. The van der Waals surface area contributed by atoms with Gasteiger partial charge in [0.1, 0.15) is 0 Å². The number of rotatable bonds is 6. The largest absolute Gasteiger partial charge is 0.503 e. The lowest BCUT2D eigenvalue weighted by atomic mass is 10.2. The molecule has 2 aromatic carbocycles. The number of nitrogens with zero attached hydrogens (tertiary/aromatic N) is 1. The van der Waals surface area contributed by atoms with Gasteiger partial charge in [-0.25, -0.2) is 5.43 Å². The molecule has 140 valence electrons. The maximum atomic E-state index is 12.1. The highest BCUT2D eigenvalue weighted by Crippen LogP contribution is 2.34. The lowest BCUT2D eigenvalue weighted by molar-refractivity contribution is -0.117. The summed E-state index contributed by atoms with van der Waals surface area (Å²) in [5.41, 5.74) is 4.14. The van der Waals surface area contributed by atoms with E-state index in [0.29, 0.717) is 27.0 Å². The van der Waals surface area contributed by atoms with E-state index in [-0.39, 0.29) is 23.5 Å². The average Bonchev–Trinajstić information content (AvgIpc) is 3.50. The number of benzene rings is 2. The van der Waals surface area contributed by atoms with Crippen molar-refractivity contribution in [2.24, 2.45) is 11.0 Å². The quantitative estimate of drug-likeness (QED) is 0.482. The molecule has 1 aliphatic carbocycles. The Bertz CT molecular complexity index is 893. The number of methoxy groups -OCH3 is 1. The molecular weight excluding hydrogens is 414 g/mol. The lowest BCUT2D eigenvalue weighted by Gasteiger charge is -2.06. The van der Waals surface area contributed by atoms with E-state index in [2.05, 4.69) is 31.8 Å². The number of ether oxygens (including phenoxy) is 1. The second-order valence-corrected chi connectivity index (χ2v) is 6.95. The van der Waals surface area contributed by atoms with Crippen molar-refractivity contribution in [3.05, 3.63) is 52.0 Å². The molecule has 0 spiro atoms. The van der Waals surface area contributed by atoms with Gasteiger partial charge in [0.2, 0.25) is 5.91 Å². The third-order valence-corrected chi connectivity index (χ3v) is 4.62. The molecule has 3 rings (SSSR count). The van der Waals surface area contributed by atoms with E-state index in [9.17, 15) is 14.7 Å². The normalized spacial score (nSPS) is 13.4. The van der Waals surface area contributed by atoms with Gasteiger partial charge in [-0.05, 0) is 70.7 Å². The van der Waals surface area contributed by atoms with E-state index in [1.165, 1.54) is 13.3 Å². The molecule has 1 aliphatic rings. The van der Waals surface area contributed by atoms with E-state index in [1.807, 2.05) is 0 Å². The van der Waals surface area contributed by atoms with Crippen molar-refractivity contribution in [1.82, 2.24) is 5.43 Å². The highest BCUT2D eigenvalue weighted by molar-refractivity contribution is 9.10. The molecule has 0 aromatic heterocycles. The monoisotopic (exact) mass is 431 g/mol. The third-order valence-electron chi connectivity index (χ3n) is 4.01. The maximum Gasteiger partial charge on any atom is 0.271 e. The smallest absolute Gasteiger partial charge is 0.271 e. The van der Waals surface area contributed by atoms with Crippen LogP contribution in [0.15, 0.2) is 46.0 Å². The van der Waals surface area contributed by atoms with Crippen LogP contribution in [0.25, 0.3) is 0 Å². The molecule has 2 aromatic rings. The standard InChI is InChI=1S/C19H18BrN3O4/c1-27-16-9-11(8-15(20)17(16)24)10-21-23-19(26)13-4-6-14(7-5-13)22-18(25)12-2-3-12/h4-10,12,24H,2-3H2,1H3,(H,22,25)(H,23,26)/b21-10+. The van der Waals surface area contributed by atoms with Gasteiger partial charge in [-0.15, -0.1) is 0 Å². The number of halogens is 1. The molecule has 0 saturated heterocycles. The van der Waals surface area contributed by atoms with E-state index in [1.54, 1.807) is 36.4 Å². The van der Waals surface area contributed by atoms with Gasteiger partial charge in [0.05, 0.1) is 17.8 Å². The maximum absolute atomic E-state index is 12.1. The lowest BCUT2D eigenvalue weighted by Crippen LogP contribution is -2.18. The molecule has 0 radical (unpaired) electrons. The zero-order valence-electron chi connectivity index (χ0n) is 14.5. The van der Waals surface area contributed by atoms with Crippen LogP contribution in [0.2, 0.25) is 0 Å². The van der Waals surface area contributed by atoms with Crippen LogP contribution < -0.4 is 15.5 Å². The first-order chi connectivity index (χ1) is 13.0. The number of aromatic hydroxyl groups is 1. The molecule has 3 N–H and O–H groups in total. The van der Waals surface area contributed by atoms with Gasteiger partial charge in [0.15, 0.2) is 11.5 Å². The SMILES string of the molecule is COc1cc(/C=N/NC(=O)c2ccc(NC(=O)C3CC3)cc2)cc(Br)c1O. The predicted octanol–water partition coefficient (Wildman–Crippen LogP) is 3.28. The van der Waals surface area contributed by atoms with Crippen molar-refractivity contribution in [2.45, 2.75) is 12.8 Å². The minimum absolute atomic E-state index is 0.00690. The number of anilines is 1. The summed E-state index contributed by atoms with van der Waals surface area (Å²) in [6.07, 6.45) is 3.32. The van der Waals surface area contributed by atoms with Gasteiger partial charge in [0.25, 0.3) is 5.91 Å². The number of hydrogen-bond donors (Lipinski definition) is 3. The Balaban J connectivity index is 1.59. The van der Waals surface area contributed by atoms with Crippen LogP contribution in [-0.2, 0) is 4.79 Å². The van der Waals surface area contributed by atoms with E-state index in [0.717, 1.165) is 12.8 Å². The molecular formula is C19H18BrN3O4. The number of amides is 2. The van der Waals surface area contributed by atoms with Gasteiger partial charge in [-0.1, -0.05) is 0 Å². The minimum atomic E-state index is -0.379. The predicted molar refractivity (Wildman–Crippen MR) is 105 cm³/mol. The number of phenolic OH excluding ortho intramolecular Hbond substituents is 1. The fraction of sp³-hybridized carbons (Fsp3) is 0.211. The van der Waals surface area contributed by atoms with E-state index in [4.69, 9.17) is 4.74 Å². The first-order valence-corrected chi connectivity index (χ1v) is 9.08. The summed E-state index contributed by atoms with van der Waals surface area (Å²) in [5.74, 6) is 0.0535. The Morgan fingerprint density at radius 2 is 1.96 bits per heavy atom. The molecule has 0 atom stereocenters. The average molecular weight is 432 g/mol. The van der Waals surface area contributed by atoms with Crippen LogP contribution in [0, 0.1) is 5.92 Å². The Labute approximate surface area is 164 Å². The van der Waals surface area contributed by atoms with Gasteiger partial charge in [0, 0.05) is 17.2 Å². The molecule has 0 unspecified atom stereocenters. The van der Waals surface area contributed by atoms with Crippen LogP contribution in [0.5, 0.6) is 11.5 Å². The Hall–Kier alpha value is -2.87. The summed E-state index contributed by atoms with van der Waals surface area (Å²) in [6.45, 7) is 0. The summed E-state index contributed by atoms with van der Waals surface area (Å²) >= 11 is 3.22. The molecule has 0 aliphatic heterocycles. The van der Waals surface area contributed by atoms with Gasteiger partial charge in [-0.3, -0.25) is 9.59 Å². The van der Waals surface area contributed by atoms with Crippen molar-refractivity contribution in [1.29, 1.82) is 0 Å². The number of phenols is 1. The number of carbonyl (C=O) groups is 2. The summed E-state index contributed by atoms with van der Waals surface area (Å²) in [4.78, 5) is 23.9. The first kappa shape index (κ1) is 18.9. The molecule has 0 bridgehead atoms. The number of carbonyl (C=O) groups excluding carboxylic acids is 2. The van der Waals surface area contributed by atoms with Crippen LogP contribution in [0.3, 0.4) is 0 Å². The molecule has 1 saturated carbocycles. The highest BCUT2D eigenvalue weighted by Gasteiger charge is 2.29. The van der Waals surface area contributed by atoms with Crippen molar-refractivity contribution >= 4 is 39.6 Å². The van der Waals surface area contributed by atoms with Crippen LogP contribution in [0.1, 0.15) is 28.8 Å². The number of nitrogens with one attached hydrogen (secondary N) is 2. The number of hydrogen-bond acceptors (Lipinski definition) is 5. The van der Waals surface area contributed by atoms with E-state index >= 15 is 0 Å². The number of hydrazone groups is 1. The zero-order chi connectivity index (χ0) is 19.4.